The van der Waals surface area contributed by atoms with Crippen molar-refractivity contribution in [3.63, 3.8) is 0 Å². The van der Waals surface area contributed by atoms with Crippen LogP contribution in [0.15, 0.2) is 51.4 Å². The Labute approximate surface area is 134 Å². The first-order valence-corrected chi connectivity index (χ1v) is 7.70. The highest BCUT2D eigenvalue weighted by molar-refractivity contribution is 9.10. The van der Waals surface area contributed by atoms with Gasteiger partial charge in [0.15, 0.2) is 0 Å². The van der Waals surface area contributed by atoms with Crippen molar-refractivity contribution in [2.45, 2.75) is 12.0 Å². The van der Waals surface area contributed by atoms with Gasteiger partial charge in [-0.15, -0.1) is 0 Å². The third-order valence-electron chi connectivity index (χ3n) is 3.22. The molecule has 5 heteroatoms. The molecule has 0 aliphatic heterocycles. The number of nitrogens with two attached hydrogens (primary N) is 1. The molecule has 0 fully saturated rings. The molecule has 0 saturated heterocycles. The number of rotatable bonds is 4. The van der Waals surface area contributed by atoms with Gasteiger partial charge in [0.25, 0.3) is 0 Å². The Morgan fingerprint density at radius 1 is 1.05 bits per heavy atom. The molecule has 0 amide bonds. The van der Waals surface area contributed by atoms with Gasteiger partial charge < -0.3 is 10.8 Å². The number of aliphatic hydroxyl groups is 1. The summed E-state index contributed by atoms with van der Waals surface area (Å²) in [5, 5.41) is 10.6. The zero-order chi connectivity index (χ0) is 14.7. The Morgan fingerprint density at radius 2 is 1.75 bits per heavy atom. The zero-order valence-electron chi connectivity index (χ0n) is 10.6. The van der Waals surface area contributed by atoms with Gasteiger partial charge in [-0.1, -0.05) is 56.1 Å². The van der Waals surface area contributed by atoms with Crippen LogP contribution < -0.4 is 5.73 Å². The predicted octanol–water partition coefficient (Wildman–Crippen LogP) is 4.13. The van der Waals surface area contributed by atoms with Gasteiger partial charge in [0.1, 0.15) is 5.82 Å². The highest BCUT2D eigenvalue weighted by atomic mass is 79.9. The second kappa shape index (κ2) is 6.80. The Kier molecular flexibility index (Phi) is 5.32. The molecule has 0 saturated carbocycles. The molecule has 2 rings (SSSR count). The summed E-state index contributed by atoms with van der Waals surface area (Å²) < 4.78 is 14.6. The number of halogens is 3. The van der Waals surface area contributed by atoms with Crippen LogP contribution in [-0.2, 0) is 0 Å². The van der Waals surface area contributed by atoms with Gasteiger partial charge in [0, 0.05) is 21.4 Å². The molecule has 2 aromatic rings. The number of hydrogen-bond acceptors (Lipinski definition) is 2. The van der Waals surface area contributed by atoms with Crippen LogP contribution in [0.5, 0.6) is 0 Å². The minimum atomic E-state index is -0.811. The van der Waals surface area contributed by atoms with Crippen molar-refractivity contribution in [3.05, 3.63) is 68.4 Å². The molecule has 2 atom stereocenters. The average Bonchev–Trinajstić information content (AvgIpc) is 2.41. The Hall–Kier alpha value is -0.750. The molecule has 20 heavy (non-hydrogen) atoms. The number of aliphatic hydroxyl groups excluding tert-OH is 1. The highest BCUT2D eigenvalue weighted by Crippen LogP contribution is 2.37. The maximum absolute atomic E-state index is 13.1. The lowest BCUT2D eigenvalue weighted by Gasteiger charge is -2.24. The van der Waals surface area contributed by atoms with Crippen molar-refractivity contribution >= 4 is 31.9 Å². The minimum absolute atomic E-state index is 0.271. The van der Waals surface area contributed by atoms with Crippen molar-refractivity contribution in [2.24, 2.45) is 5.73 Å². The van der Waals surface area contributed by atoms with Crippen LogP contribution in [0.3, 0.4) is 0 Å². The molecule has 2 aromatic carbocycles. The van der Waals surface area contributed by atoms with E-state index in [0.29, 0.717) is 10.0 Å². The fourth-order valence-electron chi connectivity index (χ4n) is 2.16. The smallest absolute Gasteiger partial charge is 0.124 e. The van der Waals surface area contributed by atoms with Gasteiger partial charge in [0.2, 0.25) is 0 Å². The van der Waals surface area contributed by atoms with Gasteiger partial charge in [0.05, 0.1) is 6.10 Å². The van der Waals surface area contributed by atoms with E-state index in [1.165, 1.54) is 12.1 Å². The summed E-state index contributed by atoms with van der Waals surface area (Å²) in [6.45, 7) is 0.285. The molecule has 3 N–H and O–H groups in total. The summed E-state index contributed by atoms with van der Waals surface area (Å²) in [7, 11) is 0. The normalized spacial score (nSPS) is 14.1. The van der Waals surface area contributed by atoms with Gasteiger partial charge in [-0.2, -0.15) is 0 Å². The van der Waals surface area contributed by atoms with E-state index in [1.807, 2.05) is 24.3 Å². The first kappa shape index (κ1) is 15.6. The van der Waals surface area contributed by atoms with E-state index in [4.69, 9.17) is 5.73 Å². The van der Waals surface area contributed by atoms with Crippen molar-refractivity contribution in [3.8, 4) is 0 Å². The Morgan fingerprint density at radius 3 is 2.35 bits per heavy atom. The van der Waals surface area contributed by atoms with E-state index >= 15 is 0 Å². The van der Waals surface area contributed by atoms with Gasteiger partial charge in [-0.05, 0) is 29.3 Å². The molecular formula is C15H14Br2FNO. The molecule has 0 radical (unpaired) electrons. The van der Waals surface area contributed by atoms with Crippen LogP contribution in [0.2, 0.25) is 0 Å². The number of hydrogen-bond donors (Lipinski definition) is 2. The van der Waals surface area contributed by atoms with Gasteiger partial charge in [-0.25, -0.2) is 4.39 Å². The first-order chi connectivity index (χ1) is 9.54. The first-order valence-electron chi connectivity index (χ1n) is 6.12. The molecule has 0 aromatic heterocycles. The van der Waals surface area contributed by atoms with Crippen LogP contribution in [0.1, 0.15) is 23.1 Å². The SMILES string of the molecule is NCC(c1ccccc1Br)C(O)c1ccc(F)cc1Br. The monoisotopic (exact) mass is 401 g/mol. The lowest BCUT2D eigenvalue weighted by Crippen LogP contribution is -2.21. The van der Waals surface area contributed by atoms with Crippen LogP contribution in [-0.4, -0.2) is 11.7 Å². The van der Waals surface area contributed by atoms with Crippen LogP contribution in [0.4, 0.5) is 4.39 Å². The van der Waals surface area contributed by atoms with Crippen molar-refractivity contribution in [1.29, 1.82) is 0 Å². The van der Waals surface area contributed by atoms with E-state index < -0.39 is 6.10 Å². The Bertz CT molecular complexity index is 606. The van der Waals surface area contributed by atoms with E-state index in [0.717, 1.165) is 10.0 Å². The van der Waals surface area contributed by atoms with E-state index in [2.05, 4.69) is 31.9 Å². The van der Waals surface area contributed by atoms with Gasteiger partial charge >= 0.3 is 0 Å². The molecular weight excluding hydrogens is 389 g/mol. The molecule has 0 aliphatic carbocycles. The molecule has 0 spiro atoms. The van der Waals surface area contributed by atoms with Crippen LogP contribution >= 0.6 is 31.9 Å². The topological polar surface area (TPSA) is 46.2 Å². The summed E-state index contributed by atoms with van der Waals surface area (Å²) in [5.41, 5.74) is 7.37. The standard InChI is InChI=1S/C15H14Br2FNO/c16-13-4-2-1-3-10(13)12(8-19)15(20)11-6-5-9(18)7-14(11)17/h1-7,12,15,20H,8,19H2. The van der Waals surface area contributed by atoms with Crippen LogP contribution in [0.25, 0.3) is 0 Å². The fourth-order valence-corrected chi connectivity index (χ4v) is 3.32. The van der Waals surface area contributed by atoms with E-state index in [1.54, 1.807) is 6.07 Å². The van der Waals surface area contributed by atoms with E-state index in [9.17, 15) is 9.50 Å². The second-order valence-corrected chi connectivity index (χ2v) is 6.18. The third kappa shape index (κ3) is 3.28. The molecule has 0 bridgehead atoms. The largest absolute Gasteiger partial charge is 0.388 e. The van der Waals surface area contributed by atoms with E-state index in [-0.39, 0.29) is 18.3 Å². The fraction of sp³-hybridized carbons (Fsp3) is 0.200. The molecule has 0 heterocycles. The van der Waals surface area contributed by atoms with Gasteiger partial charge in [-0.3, -0.25) is 0 Å². The minimum Gasteiger partial charge on any atom is -0.388 e. The summed E-state index contributed by atoms with van der Waals surface area (Å²) >= 11 is 6.75. The predicted molar refractivity (Wildman–Crippen MR) is 85.0 cm³/mol. The molecule has 2 unspecified atom stereocenters. The Balaban J connectivity index is 2.39. The summed E-state index contributed by atoms with van der Waals surface area (Å²) in [6, 6.07) is 11.9. The molecule has 106 valence electrons. The maximum atomic E-state index is 13.1. The summed E-state index contributed by atoms with van der Waals surface area (Å²) in [5.74, 6) is -0.620. The van der Waals surface area contributed by atoms with Crippen molar-refractivity contribution < 1.29 is 9.50 Å². The maximum Gasteiger partial charge on any atom is 0.124 e. The molecule has 2 nitrogen and oxygen atoms in total. The zero-order valence-corrected chi connectivity index (χ0v) is 13.7. The summed E-state index contributed by atoms with van der Waals surface area (Å²) in [6.07, 6.45) is -0.811. The third-order valence-corrected chi connectivity index (χ3v) is 4.63. The number of benzene rings is 2. The molecule has 0 aliphatic rings. The van der Waals surface area contributed by atoms with Crippen molar-refractivity contribution in [1.82, 2.24) is 0 Å². The second-order valence-electron chi connectivity index (χ2n) is 4.47. The van der Waals surface area contributed by atoms with Crippen LogP contribution in [0, 0.1) is 5.82 Å². The summed E-state index contributed by atoms with van der Waals surface area (Å²) in [4.78, 5) is 0. The lowest BCUT2D eigenvalue weighted by molar-refractivity contribution is 0.146. The van der Waals surface area contributed by atoms with Crippen molar-refractivity contribution in [2.75, 3.05) is 6.54 Å². The quantitative estimate of drug-likeness (QED) is 0.807. The lowest BCUT2D eigenvalue weighted by atomic mass is 9.89. The average molecular weight is 403 g/mol. The highest BCUT2D eigenvalue weighted by Gasteiger charge is 2.24.